The molecule has 2 aromatic carbocycles. The van der Waals surface area contributed by atoms with Crippen molar-refractivity contribution in [3.63, 3.8) is 0 Å². The van der Waals surface area contributed by atoms with E-state index in [4.69, 9.17) is 0 Å². The van der Waals surface area contributed by atoms with Gasteiger partial charge in [-0.3, -0.25) is 0 Å². The molecule has 0 spiro atoms. The number of benzene rings is 1. The molecular weight excluding hydrogens is 325 g/mol. The molecule has 0 aromatic heterocycles. The van der Waals surface area contributed by atoms with Crippen molar-refractivity contribution in [2.24, 2.45) is 0 Å². The van der Waals surface area contributed by atoms with Crippen molar-refractivity contribution in [3.8, 4) is 11.1 Å². The Labute approximate surface area is 140 Å². The van der Waals surface area contributed by atoms with Crippen molar-refractivity contribution in [1.82, 2.24) is 0 Å². The van der Waals surface area contributed by atoms with E-state index in [0.717, 1.165) is 0 Å². The first-order valence-electron chi connectivity index (χ1n) is 4.99. The number of rotatable bonds is 1. The molecule has 2 aromatic rings. The molecule has 0 bridgehead atoms. The molecule has 0 amide bonds. The van der Waals surface area contributed by atoms with Gasteiger partial charge in [0.2, 0.25) is 0 Å². The van der Waals surface area contributed by atoms with E-state index in [1.165, 1.54) is 27.8 Å². The van der Waals surface area contributed by atoms with Crippen LogP contribution in [0.2, 0.25) is 0 Å². The van der Waals surface area contributed by atoms with Crippen molar-refractivity contribution in [3.05, 3.63) is 53.1 Å². The van der Waals surface area contributed by atoms with Gasteiger partial charge in [-0.1, -0.05) is 41.8 Å². The normalized spacial score (nSPS) is 8.17. The van der Waals surface area contributed by atoms with Gasteiger partial charge < -0.3 is 0 Å². The Hall–Kier alpha value is 0.0244. The van der Waals surface area contributed by atoms with E-state index in [2.05, 4.69) is 57.2 Å². The zero-order chi connectivity index (χ0) is 10.1. The van der Waals surface area contributed by atoms with Gasteiger partial charge in [-0.25, -0.2) is 0 Å². The maximum Gasteiger partial charge on any atom is 0 e. The Bertz CT molecular complexity index is 444. The standard InChI is InChI=1S/C14H15.3ClH.V/c1-10-6-5-9-13(10)14-11(2)7-4-8-12(14)3;;;;/h4-9H,1-3H3;3*1H;/q-1;;;;. The van der Waals surface area contributed by atoms with Crippen molar-refractivity contribution in [2.75, 3.05) is 0 Å². The van der Waals surface area contributed by atoms with Gasteiger partial charge in [-0.2, -0.15) is 18.2 Å². The van der Waals surface area contributed by atoms with Crippen LogP contribution in [0.5, 0.6) is 0 Å². The molecule has 0 unspecified atom stereocenters. The van der Waals surface area contributed by atoms with E-state index >= 15 is 0 Å². The Balaban J connectivity index is -0.000000562. The van der Waals surface area contributed by atoms with E-state index < -0.39 is 0 Å². The van der Waals surface area contributed by atoms with Crippen molar-refractivity contribution >= 4 is 37.2 Å². The molecule has 0 aliphatic heterocycles. The van der Waals surface area contributed by atoms with Crippen LogP contribution in [0.1, 0.15) is 16.7 Å². The Morgan fingerprint density at radius 2 is 1.33 bits per heavy atom. The largest absolute Gasteiger partial charge is 0.176 e. The van der Waals surface area contributed by atoms with Crippen LogP contribution in [-0.2, 0) is 18.6 Å². The summed E-state index contributed by atoms with van der Waals surface area (Å²) in [5.74, 6) is 0. The average molecular weight is 344 g/mol. The van der Waals surface area contributed by atoms with Gasteiger partial charge in [0.1, 0.15) is 0 Å². The van der Waals surface area contributed by atoms with Crippen LogP contribution in [0.4, 0.5) is 0 Å². The molecule has 0 aliphatic rings. The summed E-state index contributed by atoms with van der Waals surface area (Å²) >= 11 is 0. The fourth-order valence-corrected chi connectivity index (χ4v) is 2.03. The van der Waals surface area contributed by atoms with Crippen molar-refractivity contribution in [1.29, 1.82) is 0 Å². The Morgan fingerprint density at radius 1 is 0.833 bits per heavy atom. The summed E-state index contributed by atoms with van der Waals surface area (Å²) in [5, 5.41) is 0. The topological polar surface area (TPSA) is 0 Å². The Morgan fingerprint density at radius 3 is 1.72 bits per heavy atom. The molecule has 0 saturated heterocycles. The molecule has 0 atom stereocenters. The van der Waals surface area contributed by atoms with Crippen molar-refractivity contribution in [2.45, 2.75) is 20.8 Å². The molecule has 1 radical (unpaired) electrons. The number of hydrogen-bond acceptors (Lipinski definition) is 0. The summed E-state index contributed by atoms with van der Waals surface area (Å²) in [6.07, 6.45) is 0. The predicted octanol–water partition coefficient (Wildman–Crippen LogP) is 5.26. The fraction of sp³-hybridized carbons (Fsp3) is 0.214. The third-order valence-electron chi connectivity index (χ3n) is 2.78. The molecule has 0 saturated carbocycles. The second-order valence-electron chi connectivity index (χ2n) is 3.89. The maximum absolute atomic E-state index is 2.20. The van der Waals surface area contributed by atoms with E-state index in [9.17, 15) is 0 Å². The van der Waals surface area contributed by atoms with Crippen LogP contribution in [0.25, 0.3) is 11.1 Å². The molecule has 0 nitrogen and oxygen atoms in total. The summed E-state index contributed by atoms with van der Waals surface area (Å²) < 4.78 is 0. The third kappa shape index (κ3) is 4.61. The first kappa shape index (κ1) is 23.1. The smallest absolute Gasteiger partial charge is 0 e. The zero-order valence-electron chi connectivity index (χ0n) is 10.6. The monoisotopic (exact) mass is 342 g/mol. The van der Waals surface area contributed by atoms with Crippen molar-refractivity contribution < 1.29 is 18.6 Å². The molecule has 0 heterocycles. The fourth-order valence-electron chi connectivity index (χ4n) is 2.03. The molecule has 101 valence electrons. The number of aryl methyl sites for hydroxylation is 3. The molecule has 2 rings (SSSR count). The Kier molecular flexibility index (Phi) is 12.7. The summed E-state index contributed by atoms with van der Waals surface area (Å²) in [5.41, 5.74) is 6.86. The summed E-state index contributed by atoms with van der Waals surface area (Å²) in [6, 6.07) is 13.0. The van der Waals surface area contributed by atoms with Crippen LogP contribution < -0.4 is 0 Å². The molecule has 0 aliphatic carbocycles. The second kappa shape index (κ2) is 9.89. The molecular formula is C14H18Cl3V-. The first-order chi connectivity index (χ1) is 6.70. The molecule has 0 fully saturated rings. The summed E-state index contributed by atoms with van der Waals surface area (Å²) in [7, 11) is 0. The summed E-state index contributed by atoms with van der Waals surface area (Å²) in [4.78, 5) is 0. The van der Waals surface area contributed by atoms with Crippen LogP contribution in [0.3, 0.4) is 0 Å². The van der Waals surface area contributed by atoms with Crippen LogP contribution >= 0.6 is 37.2 Å². The number of hydrogen-bond donors (Lipinski definition) is 0. The molecule has 0 N–H and O–H groups in total. The summed E-state index contributed by atoms with van der Waals surface area (Å²) in [6.45, 7) is 6.52. The van der Waals surface area contributed by atoms with Gasteiger partial charge in [0.05, 0.1) is 0 Å². The number of halogens is 3. The minimum atomic E-state index is 0. The van der Waals surface area contributed by atoms with Crippen LogP contribution in [0.15, 0.2) is 36.4 Å². The van der Waals surface area contributed by atoms with Crippen LogP contribution in [0, 0.1) is 20.8 Å². The van der Waals surface area contributed by atoms with E-state index in [0.29, 0.717) is 0 Å². The maximum atomic E-state index is 2.20. The first-order valence-corrected chi connectivity index (χ1v) is 4.99. The minimum Gasteiger partial charge on any atom is -0.176 e. The van der Waals surface area contributed by atoms with Gasteiger partial charge in [0, 0.05) is 18.6 Å². The third-order valence-corrected chi connectivity index (χ3v) is 2.78. The minimum absolute atomic E-state index is 0. The van der Waals surface area contributed by atoms with Gasteiger partial charge >= 0.3 is 0 Å². The second-order valence-corrected chi connectivity index (χ2v) is 3.89. The van der Waals surface area contributed by atoms with Crippen LogP contribution in [-0.4, -0.2) is 0 Å². The van der Waals surface area contributed by atoms with Gasteiger partial charge in [0.15, 0.2) is 0 Å². The molecule has 4 heteroatoms. The predicted molar refractivity (Wildman–Crippen MR) is 83.4 cm³/mol. The van der Waals surface area contributed by atoms with Gasteiger partial charge in [0.25, 0.3) is 0 Å². The van der Waals surface area contributed by atoms with Gasteiger partial charge in [-0.15, -0.1) is 48.3 Å². The SMILES string of the molecule is Cc1cccc(C)c1-c1ccc[c-]1C.Cl.Cl.Cl.[V]. The quantitative estimate of drug-likeness (QED) is 0.620. The van der Waals surface area contributed by atoms with E-state index in [-0.39, 0.29) is 55.8 Å². The zero-order valence-corrected chi connectivity index (χ0v) is 14.5. The van der Waals surface area contributed by atoms with E-state index in [1.807, 2.05) is 0 Å². The van der Waals surface area contributed by atoms with Gasteiger partial charge in [-0.05, 0) is 13.8 Å². The average Bonchev–Trinajstić information content (AvgIpc) is 2.52. The molecule has 18 heavy (non-hydrogen) atoms. The van der Waals surface area contributed by atoms with E-state index in [1.54, 1.807) is 0 Å².